The molecule has 0 radical (unpaired) electrons. The Hall–Kier alpha value is -10.0. The summed E-state index contributed by atoms with van der Waals surface area (Å²) in [6.07, 6.45) is 1.14. The van der Waals surface area contributed by atoms with E-state index in [0.717, 1.165) is 138 Å². The van der Waals surface area contributed by atoms with Gasteiger partial charge < -0.3 is 114 Å². The van der Waals surface area contributed by atoms with Crippen LogP contribution in [0.2, 0.25) is 0 Å². The first-order chi connectivity index (χ1) is 62.4. The maximum Gasteiger partial charge on any atom is 0.123 e. The molecule has 8 saturated heterocycles. The Bertz CT molecular complexity index is 4440. The van der Waals surface area contributed by atoms with Gasteiger partial charge in [0.15, 0.2) is 0 Å². The molecule has 24 nitrogen and oxygen atoms in total. The lowest BCUT2D eigenvalue weighted by Crippen LogP contribution is -2.14. The summed E-state index contributed by atoms with van der Waals surface area (Å²) in [5.74, 6) is 4.71. The Labute approximate surface area is 742 Å². The largest absolute Gasteiger partial charge is 0.491 e. The molecular formula is C103H114O24. The average Bonchev–Trinajstić information content (AvgIpc) is 1.23. The zero-order valence-corrected chi connectivity index (χ0v) is 71.0. The average molecular weight is 1740 g/mol. The number of benzene rings is 10. The second-order valence-corrected chi connectivity index (χ2v) is 32.2. The lowest BCUT2D eigenvalue weighted by Gasteiger charge is -2.26. The molecule has 0 saturated carbocycles. The van der Waals surface area contributed by atoms with Gasteiger partial charge in [-0.15, -0.1) is 0 Å². The number of hydrogen-bond acceptors (Lipinski definition) is 24. The first-order valence-corrected chi connectivity index (χ1v) is 44.2. The third-order valence-electron chi connectivity index (χ3n) is 22.4. The molecule has 24 heteroatoms. The number of ether oxygens (including phenoxy) is 24. The van der Waals surface area contributed by atoms with Crippen molar-refractivity contribution < 1.29 is 114 Å². The molecule has 0 aromatic heterocycles. The quantitative estimate of drug-likeness (QED) is 0.0195. The van der Waals surface area contributed by atoms with Crippen molar-refractivity contribution in [3.63, 3.8) is 0 Å². The van der Waals surface area contributed by atoms with Gasteiger partial charge in [0.25, 0.3) is 0 Å². The zero-order valence-electron chi connectivity index (χ0n) is 71.0. The van der Waals surface area contributed by atoms with E-state index >= 15 is 0 Å². The summed E-state index contributed by atoms with van der Waals surface area (Å²) in [6, 6.07) is 76.3. The van der Waals surface area contributed by atoms with E-state index in [1.807, 2.05) is 48.5 Å². The van der Waals surface area contributed by atoms with E-state index < -0.39 is 11.8 Å². The molecular weight excluding hydrogens is 1620 g/mol. The van der Waals surface area contributed by atoms with Gasteiger partial charge in [0.05, 0.1) is 159 Å². The summed E-state index contributed by atoms with van der Waals surface area (Å²) in [6.45, 7) is 16.0. The minimum atomic E-state index is -0.495. The van der Waals surface area contributed by atoms with Gasteiger partial charge in [0.2, 0.25) is 0 Å². The highest BCUT2D eigenvalue weighted by Crippen LogP contribution is 2.48. The summed E-state index contributed by atoms with van der Waals surface area (Å²) in [4.78, 5) is 0. The normalized spacial score (nSPS) is 19.9. The van der Waals surface area contributed by atoms with Crippen LogP contribution in [-0.4, -0.2) is 260 Å². The van der Waals surface area contributed by atoms with Crippen LogP contribution >= 0.6 is 0 Å². The molecule has 127 heavy (non-hydrogen) atoms. The van der Waals surface area contributed by atoms with Crippen LogP contribution in [0.3, 0.4) is 0 Å². The number of rotatable bonds is 59. The van der Waals surface area contributed by atoms with Gasteiger partial charge in [-0.05, 0) is 164 Å². The predicted molar refractivity (Wildman–Crippen MR) is 476 cm³/mol. The molecule has 10 aromatic carbocycles. The summed E-state index contributed by atoms with van der Waals surface area (Å²) < 4.78 is 144. The molecule has 0 amide bonds. The van der Waals surface area contributed by atoms with Crippen LogP contribution in [0.4, 0.5) is 0 Å². The Morgan fingerprint density at radius 3 is 0.528 bits per heavy atom. The summed E-state index contributed by atoms with van der Waals surface area (Å²) in [5, 5.41) is 0. The molecule has 8 atom stereocenters. The van der Waals surface area contributed by atoms with Gasteiger partial charge in [-0.3, -0.25) is 0 Å². The summed E-state index contributed by atoms with van der Waals surface area (Å²) >= 11 is 0. The second-order valence-electron chi connectivity index (χ2n) is 32.2. The van der Waals surface area contributed by atoms with E-state index in [1.165, 1.54) is 0 Å². The Morgan fingerprint density at radius 1 is 0.189 bits per heavy atom. The standard InChI is InChI=1S/C102H110O24.CH4/c1-5-75(101(93-49-77(17-29-97(93)115-45-37-107-57-89-65-123-89)71-9-21-81(22-10-71)111-41-33-103-53-85-61-119-85)94-50-78(18-30-98(94)116-46-38-108-58-90-66-124-90)72-11-23-82(24-12-72)112-42-34-104-54-86-62-120-86)6-2-69(1)70-3-7-76(8-4-70)102(95-51-79(19-31-99(95)117-47-39-109-59-91-67-125-91)73-13-25-83(26-14-73)113-43-35-105-55-87-63-121-87)96-52-80(20-32-100(96)118-48-40-110-60-92-68-126-92)74-15-27-84(28-16-74)114-44-36-106-56-88-64-122-88;/h1-32,49-52,85-92,101-102H,33-48,53-68H2;1H4. The van der Waals surface area contributed by atoms with E-state index in [0.29, 0.717) is 208 Å². The van der Waals surface area contributed by atoms with Gasteiger partial charge in [-0.25, -0.2) is 0 Å². The Morgan fingerprint density at radius 2 is 0.346 bits per heavy atom. The molecule has 8 fully saturated rings. The zero-order chi connectivity index (χ0) is 84.7. The van der Waals surface area contributed by atoms with E-state index in [-0.39, 0.29) is 56.3 Å². The Balaban J connectivity index is 0.0000114. The fourth-order valence-electron chi connectivity index (χ4n) is 14.9. The Kier molecular flexibility index (Phi) is 31.7. The highest BCUT2D eigenvalue weighted by Gasteiger charge is 2.33. The third kappa shape index (κ3) is 27.5. The minimum Gasteiger partial charge on any atom is -0.491 e. The first-order valence-electron chi connectivity index (χ1n) is 44.2. The topological polar surface area (TPSA) is 248 Å². The van der Waals surface area contributed by atoms with Crippen LogP contribution in [0.25, 0.3) is 55.6 Å². The van der Waals surface area contributed by atoms with E-state index in [9.17, 15) is 0 Å². The van der Waals surface area contributed by atoms with Crippen molar-refractivity contribution in [2.24, 2.45) is 0 Å². The van der Waals surface area contributed by atoms with Crippen molar-refractivity contribution in [1.82, 2.24) is 0 Å². The third-order valence-corrected chi connectivity index (χ3v) is 22.4. The van der Waals surface area contributed by atoms with Gasteiger partial charge in [0.1, 0.15) is 148 Å². The molecule has 0 bridgehead atoms. The maximum absolute atomic E-state index is 6.96. The lowest BCUT2D eigenvalue weighted by molar-refractivity contribution is 0.0871. The SMILES string of the molecule is C.c1cc(-c2ccc(OCCOCC3CO3)c(C(c3ccc(-c4ccc(C(c5cc(-c6ccc(OCCOCC7CO7)cc6)ccc5OCCOCC5CO5)c5cc(-c6ccc(OCCOCC7CO7)cc6)ccc5OCCOCC5CO5)cc4)cc3)c3cc(-c4ccc(OCCOCC5CO5)cc4)ccc3OCCOCC3CO3)c2)ccc1OCCOCC1CO1. The number of hydrogen-bond donors (Lipinski definition) is 0. The minimum absolute atomic E-state index is 0. The molecule has 8 unspecified atom stereocenters. The van der Waals surface area contributed by atoms with Crippen molar-refractivity contribution >= 4 is 0 Å². The second kappa shape index (κ2) is 45.3. The van der Waals surface area contributed by atoms with E-state index in [1.54, 1.807) is 0 Å². The van der Waals surface area contributed by atoms with Crippen molar-refractivity contribution in [3.8, 4) is 102 Å². The van der Waals surface area contributed by atoms with Crippen molar-refractivity contribution in [3.05, 3.63) is 252 Å². The van der Waals surface area contributed by atoms with Gasteiger partial charge in [-0.1, -0.05) is 129 Å². The number of epoxide rings is 8. The molecule has 8 heterocycles. The van der Waals surface area contributed by atoms with Crippen LogP contribution < -0.4 is 37.9 Å². The smallest absolute Gasteiger partial charge is 0.123 e. The molecule has 8 aliphatic heterocycles. The lowest BCUT2D eigenvalue weighted by atomic mass is 9.81. The van der Waals surface area contributed by atoms with Crippen molar-refractivity contribution in [2.45, 2.75) is 68.1 Å². The fraction of sp³-hybridized carbons (Fsp3) is 0.417. The molecule has 0 spiro atoms. The van der Waals surface area contributed by atoms with Gasteiger partial charge in [-0.2, -0.15) is 0 Å². The fourth-order valence-corrected chi connectivity index (χ4v) is 14.9. The van der Waals surface area contributed by atoms with Crippen molar-refractivity contribution in [1.29, 1.82) is 0 Å². The van der Waals surface area contributed by atoms with E-state index in [2.05, 4.69) is 170 Å². The molecule has 18 rings (SSSR count). The molecule has 0 N–H and O–H groups in total. The molecule has 8 aliphatic rings. The molecule has 10 aromatic rings. The summed E-state index contributed by atoms with van der Waals surface area (Å²) in [5.41, 5.74) is 15.4. The highest BCUT2D eigenvalue weighted by atomic mass is 16.6. The van der Waals surface area contributed by atoms with E-state index in [4.69, 9.17) is 114 Å². The maximum atomic E-state index is 6.96. The molecule has 0 aliphatic carbocycles. The van der Waals surface area contributed by atoms with Gasteiger partial charge in [0, 0.05) is 34.1 Å². The van der Waals surface area contributed by atoms with Crippen LogP contribution in [0.15, 0.2) is 218 Å². The van der Waals surface area contributed by atoms with Crippen LogP contribution in [0, 0.1) is 0 Å². The monoisotopic (exact) mass is 1730 g/mol. The van der Waals surface area contributed by atoms with Crippen molar-refractivity contribution in [2.75, 3.05) is 211 Å². The van der Waals surface area contributed by atoms with Crippen LogP contribution in [0.1, 0.15) is 52.6 Å². The summed E-state index contributed by atoms with van der Waals surface area (Å²) in [7, 11) is 0. The predicted octanol–water partition coefficient (Wildman–Crippen LogP) is 15.4. The molecule has 670 valence electrons. The van der Waals surface area contributed by atoms with Gasteiger partial charge >= 0.3 is 0 Å². The van der Waals surface area contributed by atoms with Crippen LogP contribution in [-0.2, 0) is 75.8 Å². The highest BCUT2D eigenvalue weighted by molar-refractivity contribution is 5.75. The van der Waals surface area contributed by atoms with Crippen LogP contribution in [0.5, 0.6) is 46.0 Å². The first kappa shape index (κ1) is 89.0.